The maximum atomic E-state index is 11.8. The van der Waals surface area contributed by atoms with Crippen LogP contribution in [-0.4, -0.2) is 25.2 Å². The first-order valence-electron chi connectivity index (χ1n) is 5.98. The molecule has 0 aromatic heterocycles. The Balaban J connectivity index is 2.64. The third-order valence-corrected chi connectivity index (χ3v) is 3.42. The number of carbonyl (C=O) groups is 1. The molecule has 1 aliphatic carbocycles. The molecule has 0 aromatic rings. The Bertz CT molecular complexity index is 202. The average Bonchev–Trinajstić information content (AvgIpc) is 2.28. The lowest BCUT2D eigenvalue weighted by Crippen LogP contribution is -2.54. The van der Waals surface area contributed by atoms with Gasteiger partial charge in [0.25, 0.3) is 0 Å². The van der Waals surface area contributed by atoms with Gasteiger partial charge < -0.3 is 10.1 Å². The lowest BCUT2D eigenvalue weighted by molar-refractivity contribution is -0.150. The minimum absolute atomic E-state index is 0.0807. The highest BCUT2D eigenvalue weighted by atomic mass is 16.5. The number of rotatable bonds is 4. The van der Waals surface area contributed by atoms with E-state index in [2.05, 4.69) is 19.2 Å². The number of hydrogen-bond donors (Lipinski definition) is 1. The van der Waals surface area contributed by atoms with Crippen LogP contribution in [0.3, 0.4) is 0 Å². The van der Waals surface area contributed by atoms with E-state index in [0.29, 0.717) is 0 Å². The van der Waals surface area contributed by atoms with Gasteiger partial charge in [-0.1, -0.05) is 13.8 Å². The van der Waals surface area contributed by atoms with Crippen LogP contribution in [-0.2, 0) is 9.53 Å². The Morgan fingerprint density at radius 2 is 2.07 bits per heavy atom. The molecule has 15 heavy (non-hydrogen) atoms. The van der Waals surface area contributed by atoms with Gasteiger partial charge in [0.15, 0.2) is 0 Å². The van der Waals surface area contributed by atoms with Crippen molar-refractivity contribution >= 4 is 5.97 Å². The van der Waals surface area contributed by atoms with Crippen LogP contribution in [0.4, 0.5) is 0 Å². The second-order valence-corrected chi connectivity index (χ2v) is 4.68. The molecule has 0 aromatic carbocycles. The zero-order chi connectivity index (χ0) is 11.3. The quantitative estimate of drug-likeness (QED) is 0.727. The number of methoxy groups -OCH3 is 1. The SMILES string of the molecule is CCCNC1(C(=O)OC)CCC(C)CC1. The highest BCUT2D eigenvalue weighted by molar-refractivity contribution is 5.80. The predicted octanol–water partition coefficient (Wildman–Crippen LogP) is 2.11. The lowest BCUT2D eigenvalue weighted by atomic mass is 9.77. The van der Waals surface area contributed by atoms with Gasteiger partial charge in [-0.15, -0.1) is 0 Å². The maximum Gasteiger partial charge on any atom is 0.326 e. The molecule has 3 nitrogen and oxygen atoms in total. The molecule has 1 rings (SSSR count). The van der Waals surface area contributed by atoms with Crippen molar-refractivity contribution in [1.82, 2.24) is 5.32 Å². The first-order valence-corrected chi connectivity index (χ1v) is 5.98. The molecule has 0 amide bonds. The van der Waals surface area contributed by atoms with E-state index in [4.69, 9.17) is 4.74 Å². The summed E-state index contributed by atoms with van der Waals surface area (Å²) >= 11 is 0. The third-order valence-electron chi connectivity index (χ3n) is 3.42. The summed E-state index contributed by atoms with van der Waals surface area (Å²) in [7, 11) is 1.48. The van der Waals surface area contributed by atoms with Crippen molar-refractivity contribution in [2.24, 2.45) is 5.92 Å². The van der Waals surface area contributed by atoms with Crippen molar-refractivity contribution in [2.45, 2.75) is 51.5 Å². The van der Waals surface area contributed by atoms with Crippen LogP contribution < -0.4 is 5.32 Å². The molecule has 1 aliphatic rings. The Hall–Kier alpha value is -0.570. The third kappa shape index (κ3) is 2.94. The molecule has 1 saturated carbocycles. The van der Waals surface area contributed by atoms with E-state index in [0.717, 1.165) is 44.6 Å². The number of nitrogens with one attached hydrogen (secondary N) is 1. The standard InChI is InChI=1S/C12H23NO2/c1-4-9-13-12(11(14)15-3)7-5-10(2)6-8-12/h10,13H,4-9H2,1-3H3. The Morgan fingerprint density at radius 3 is 2.53 bits per heavy atom. The van der Waals surface area contributed by atoms with Crippen molar-refractivity contribution in [1.29, 1.82) is 0 Å². The topological polar surface area (TPSA) is 38.3 Å². The number of ether oxygens (including phenoxy) is 1. The second-order valence-electron chi connectivity index (χ2n) is 4.68. The molecular weight excluding hydrogens is 190 g/mol. The van der Waals surface area contributed by atoms with Crippen LogP contribution in [0.15, 0.2) is 0 Å². The monoisotopic (exact) mass is 213 g/mol. The van der Waals surface area contributed by atoms with Crippen molar-refractivity contribution < 1.29 is 9.53 Å². The van der Waals surface area contributed by atoms with Crippen LogP contribution in [0.5, 0.6) is 0 Å². The summed E-state index contributed by atoms with van der Waals surface area (Å²) < 4.78 is 4.92. The molecule has 0 aliphatic heterocycles. The molecule has 0 heterocycles. The number of hydrogen-bond acceptors (Lipinski definition) is 3. The minimum Gasteiger partial charge on any atom is -0.468 e. The first-order chi connectivity index (χ1) is 7.14. The average molecular weight is 213 g/mol. The van der Waals surface area contributed by atoms with Crippen LogP contribution in [0, 0.1) is 5.92 Å². The molecule has 0 unspecified atom stereocenters. The van der Waals surface area contributed by atoms with Gasteiger partial charge in [0.2, 0.25) is 0 Å². The Morgan fingerprint density at radius 1 is 1.47 bits per heavy atom. The molecule has 1 fully saturated rings. The fourth-order valence-corrected chi connectivity index (χ4v) is 2.27. The van der Waals surface area contributed by atoms with Crippen molar-refractivity contribution in [3.8, 4) is 0 Å². The summed E-state index contributed by atoms with van der Waals surface area (Å²) in [6.07, 6.45) is 5.12. The minimum atomic E-state index is -0.392. The van der Waals surface area contributed by atoms with Crippen molar-refractivity contribution in [3.63, 3.8) is 0 Å². The van der Waals surface area contributed by atoms with E-state index in [1.807, 2.05) is 0 Å². The largest absolute Gasteiger partial charge is 0.468 e. The lowest BCUT2D eigenvalue weighted by Gasteiger charge is -2.37. The van der Waals surface area contributed by atoms with E-state index in [1.165, 1.54) is 7.11 Å². The van der Waals surface area contributed by atoms with E-state index in [9.17, 15) is 4.79 Å². The molecular formula is C12H23NO2. The molecule has 1 N–H and O–H groups in total. The van der Waals surface area contributed by atoms with Crippen LogP contribution in [0.2, 0.25) is 0 Å². The molecule has 88 valence electrons. The Kier molecular flexibility index (Phi) is 4.58. The summed E-state index contributed by atoms with van der Waals surface area (Å²) in [5.41, 5.74) is -0.392. The van der Waals surface area contributed by atoms with Gasteiger partial charge in [-0.2, -0.15) is 0 Å². The van der Waals surface area contributed by atoms with Gasteiger partial charge in [0.05, 0.1) is 7.11 Å². The predicted molar refractivity (Wildman–Crippen MR) is 60.7 cm³/mol. The number of carbonyl (C=O) groups excluding carboxylic acids is 1. The van der Waals surface area contributed by atoms with E-state index < -0.39 is 5.54 Å². The Labute approximate surface area is 92.6 Å². The van der Waals surface area contributed by atoms with E-state index in [1.54, 1.807) is 0 Å². The summed E-state index contributed by atoms with van der Waals surface area (Å²) in [5.74, 6) is 0.661. The van der Waals surface area contributed by atoms with Gasteiger partial charge in [-0.05, 0) is 44.6 Å². The fourth-order valence-electron chi connectivity index (χ4n) is 2.27. The molecule has 0 radical (unpaired) electrons. The molecule has 3 heteroatoms. The van der Waals surface area contributed by atoms with E-state index >= 15 is 0 Å². The van der Waals surface area contributed by atoms with Crippen molar-refractivity contribution in [2.75, 3.05) is 13.7 Å². The smallest absolute Gasteiger partial charge is 0.326 e. The van der Waals surface area contributed by atoms with Crippen LogP contribution in [0.1, 0.15) is 46.0 Å². The van der Waals surface area contributed by atoms with Gasteiger partial charge in [0.1, 0.15) is 5.54 Å². The normalized spacial score (nSPS) is 31.3. The highest BCUT2D eigenvalue weighted by Gasteiger charge is 2.41. The maximum absolute atomic E-state index is 11.8. The number of esters is 1. The first kappa shape index (κ1) is 12.5. The molecule has 0 spiro atoms. The second kappa shape index (κ2) is 5.50. The van der Waals surface area contributed by atoms with Crippen LogP contribution >= 0.6 is 0 Å². The van der Waals surface area contributed by atoms with Gasteiger partial charge in [0, 0.05) is 0 Å². The van der Waals surface area contributed by atoms with Gasteiger partial charge >= 0.3 is 5.97 Å². The molecule has 0 saturated heterocycles. The summed E-state index contributed by atoms with van der Waals surface area (Å²) in [6.45, 7) is 5.26. The van der Waals surface area contributed by atoms with Crippen molar-refractivity contribution in [3.05, 3.63) is 0 Å². The van der Waals surface area contributed by atoms with E-state index in [-0.39, 0.29) is 5.97 Å². The fraction of sp³-hybridized carbons (Fsp3) is 0.917. The highest BCUT2D eigenvalue weighted by Crippen LogP contribution is 2.32. The summed E-state index contributed by atoms with van der Waals surface area (Å²) in [6, 6.07) is 0. The molecule has 0 bridgehead atoms. The van der Waals surface area contributed by atoms with Gasteiger partial charge in [-0.25, -0.2) is 0 Å². The van der Waals surface area contributed by atoms with Gasteiger partial charge in [-0.3, -0.25) is 4.79 Å². The zero-order valence-electron chi connectivity index (χ0n) is 10.1. The summed E-state index contributed by atoms with van der Waals surface area (Å²) in [4.78, 5) is 11.8. The summed E-state index contributed by atoms with van der Waals surface area (Å²) in [5, 5.41) is 3.38. The zero-order valence-corrected chi connectivity index (χ0v) is 10.1. The molecule has 0 atom stereocenters. The van der Waals surface area contributed by atoms with Crippen LogP contribution in [0.25, 0.3) is 0 Å².